The molecule has 0 saturated heterocycles. The van der Waals surface area contributed by atoms with E-state index in [2.05, 4.69) is 5.32 Å². The maximum absolute atomic E-state index is 13.2. The topological polar surface area (TPSA) is 71.7 Å². The molecule has 0 amide bonds. The molecule has 30 heavy (non-hydrogen) atoms. The number of halogens is 3. The number of hydrogen-bond donors (Lipinski definition) is 2. The van der Waals surface area contributed by atoms with Crippen molar-refractivity contribution in [2.45, 2.75) is 25.6 Å². The van der Waals surface area contributed by atoms with Crippen molar-refractivity contribution in [3.8, 4) is 28.2 Å². The van der Waals surface area contributed by atoms with Crippen LogP contribution in [-0.4, -0.2) is 24.2 Å². The van der Waals surface area contributed by atoms with Crippen molar-refractivity contribution in [3.63, 3.8) is 0 Å². The fraction of sp³-hybridized carbons (Fsp3) is 0.227. The van der Waals surface area contributed by atoms with Gasteiger partial charge in [0, 0.05) is 5.56 Å². The standard InChI is InChI=1S/C22H20F3NO4/c1-3-16(21(28)29-2)26-20-17(14-10-7-11-15(12-14)22(23,24)25)18(27)19(30-20)13-8-5-4-6-9-13/h4-12,16,26-27H,3H2,1-2H3. The summed E-state index contributed by atoms with van der Waals surface area (Å²) >= 11 is 0. The van der Waals surface area contributed by atoms with E-state index >= 15 is 0 Å². The fourth-order valence-corrected chi connectivity index (χ4v) is 3.06. The summed E-state index contributed by atoms with van der Waals surface area (Å²) in [5.41, 5.74) is -0.215. The zero-order chi connectivity index (χ0) is 21.9. The molecule has 1 unspecified atom stereocenters. The third-order valence-corrected chi connectivity index (χ3v) is 4.60. The highest BCUT2D eigenvalue weighted by atomic mass is 19.4. The summed E-state index contributed by atoms with van der Waals surface area (Å²) in [6.07, 6.45) is -4.22. The third kappa shape index (κ3) is 4.27. The zero-order valence-electron chi connectivity index (χ0n) is 16.3. The number of anilines is 1. The van der Waals surface area contributed by atoms with Gasteiger partial charge in [0.2, 0.25) is 5.88 Å². The van der Waals surface area contributed by atoms with Gasteiger partial charge in [-0.2, -0.15) is 13.2 Å². The van der Waals surface area contributed by atoms with Crippen molar-refractivity contribution < 1.29 is 32.2 Å². The molecular formula is C22H20F3NO4. The minimum Gasteiger partial charge on any atom is -0.504 e. The second kappa shape index (κ2) is 8.52. The molecule has 1 atom stereocenters. The number of benzene rings is 2. The summed E-state index contributed by atoms with van der Waals surface area (Å²) < 4.78 is 50.2. The van der Waals surface area contributed by atoms with Crippen LogP contribution in [0.25, 0.3) is 22.5 Å². The molecule has 3 aromatic rings. The molecule has 3 rings (SSSR count). The van der Waals surface area contributed by atoms with Crippen molar-refractivity contribution in [1.82, 2.24) is 0 Å². The highest BCUT2D eigenvalue weighted by molar-refractivity contribution is 5.89. The first-order valence-corrected chi connectivity index (χ1v) is 9.19. The van der Waals surface area contributed by atoms with Crippen LogP contribution in [0.2, 0.25) is 0 Å². The Labute approximate surface area is 171 Å². The number of furan rings is 1. The van der Waals surface area contributed by atoms with Crippen LogP contribution >= 0.6 is 0 Å². The van der Waals surface area contributed by atoms with Crippen molar-refractivity contribution in [2.24, 2.45) is 0 Å². The third-order valence-electron chi connectivity index (χ3n) is 4.60. The molecule has 2 aromatic carbocycles. The van der Waals surface area contributed by atoms with E-state index in [-0.39, 0.29) is 28.5 Å². The van der Waals surface area contributed by atoms with Crippen LogP contribution in [0.1, 0.15) is 18.9 Å². The average Bonchev–Trinajstić information content (AvgIpc) is 3.07. The summed E-state index contributed by atoms with van der Waals surface area (Å²) in [5, 5.41) is 13.7. The van der Waals surface area contributed by atoms with Gasteiger partial charge < -0.3 is 19.6 Å². The number of hydrogen-bond acceptors (Lipinski definition) is 5. The minimum absolute atomic E-state index is 0.0251. The number of methoxy groups -OCH3 is 1. The summed E-state index contributed by atoms with van der Waals surface area (Å²) in [5.74, 6) is -0.847. The molecule has 1 heterocycles. The average molecular weight is 419 g/mol. The lowest BCUT2D eigenvalue weighted by Crippen LogP contribution is -2.29. The smallest absolute Gasteiger partial charge is 0.416 e. The number of ether oxygens (including phenoxy) is 1. The largest absolute Gasteiger partial charge is 0.504 e. The number of alkyl halides is 3. The maximum Gasteiger partial charge on any atom is 0.416 e. The second-order valence-corrected chi connectivity index (χ2v) is 6.56. The van der Waals surface area contributed by atoms with Crippen molar-refractivity contribution >= 4 is 11.9 Å². The number of nitrogens with one attached hydrogen (secondary N) is 1. The van der Waals surface area contributed by atoms with Gasteiger partial charge in [-0.25, -0.2) is 4.79 Å². The SMILES string of the molecule is CCC(Nc1oc(-c2ccccc2)c(O)c1-c1cccc(C(F)(F)F)c1)C(=O)OC. The Bertz CT molecular complexity index is 1030. The van der Waals surface area contributed by atoms with Gasteiger partial charge in [-0.3, -0.25) is 0 Å². The van der Waals surface area contributed by atoms with E-state index in [0.29, 0.717) is 12.0 Å². The Morgan fingerprint density at radius 3 is 2.40 bits per heavy atom. The van der Waals surface area contributed by atoms with Crippen molar-refractivity contribution in [3.05, 3.63) is 60.2 Å². The predicted molar refractivity (Wildman–Crippen MR) is 106 cm³/mol. The number of aromatic hydroxyl groups is 1. The van der Waals surface area contributed by atoms with Crippen LogP contribution in [0.4, 0.5) is 19.1 Å². The van der Waals surface area contributed by atoms with Crippen molar-refractivity contribution in [1.29, 1.82) is 0 Å². The maximum atomic E-state index is 13.2. The van der Waals surface area contributed by atoms with E-state index in [1.54, 1.807) is 37.3 Å². The molecule has 0 spiro atoms. The van der Waals surface area contributed by atoms with E-state index in [1.807, 2.05) is 0 Å². The molecule has 1 aromatic heterocycles. The second-order valence-electron chi connectivity index (χ2n) is 6.56. The number of rotatable bonds is 6. The monoisotopic (exact) mass is 419 g/mol. The molecule has 0 bridgehead atoms. The van der Waals surface area contributed by atoms with E-state index in [4.69, 9.17) is 9.15 Å². The van der Waals surface area contributed by atoms with E-state index in [9.17, 15) is 23.1 Å². The van der Waals surface area contributed by atoms with Crippen LogP contribution in [0.3, 0.4) is 0 Å². The Kier molecular flexibility index (Phi) is 6.05. The highest BCUT2D eigenvalue weighted by Crippen LogP contribution is 2.47. The first kappa shape index (κ1) is 21.3. The van der Waals surface area contributed by atoms with Gasteiger partial charge in [0.15, 0.2) is 11.5 Å². The summed E-state index contributed by atoms with van der Waals surface area (Å²) in [7, 11) is 1.23. The van der Waals surface area contributed by atoms with Crippen LogP contribution in [0.15, 0.2) is 59.0 Å². The Hall–Kier alpha value is -3.42. The molecule has 0 radical (unpaired) electrons. The normalized spacial score (nSPS) is 12.4. The molecule has 2 N–H and O–H groups in total. The lowest BCUT2D eigenvalue weighted by atomic mass is 10.0. The molecule has 0 aliphatic rings. The molecule has 0 saturated carbocycles. The fourth-order valence-electron chi connectivity index (χ4n) is 3.06. The van der Waals surface area contributed by atoms with Crippen LogP contribution in [-0.2, 0) is 15.7 Å². The molecule has 0 aliphatic heterocycles. The number of carbonyl (C=O) groups is 1. The minimum atomic E-state index is -4.55. The highest BCUT2D eigenvalue weighted by Gasteiger charge is 2.32. The van der Waals surface area contributed by atoms with Gasteiger partial charge in [0.1, 0.15) is 6.04 Å². The predicted octanol–water partition coefficient (Wildman–Crippen LogP) is 5.70. The Morgan fingerprint density at radius 1 is 1.13 bits per heavy atom. The first-order valence-electron chi connectivity index (χ1n) is 9.19. The molecule has 0 fully saturated rings. The molecule has 5 nitrogen and oxygen atoms in total. The van der Waals surface area contributed by atoms with Crippen LogP contribution in [0.5, 0.6) is 5.75 Å². The van der Waals surface area contributed by atoms with Gasteiger partial charge in [0.05, 0.1) is 18.2 Å². The summed E-state index contributed by atoms with van der Waals surface area (Å²) in [6.45, 7) is 1.74. The zero-order valence-corrected chi connectivity index (χ0v) is 16.3. The van der Waals surface area contributed by atoms with Crippen LogP contribution in [0, 0.1) is 0 Å². The Balaban J connectivity index is 2.17. The summed E-state index contributed by atoms with van der Waals surface area (Å²) in [4.78, 5) is 12.0. The first-order chi connectivity index (χ1) is 14.3. The molecule has 158 valence electrons. The van der Waals surface area contributed by atoms with E-state index in [0.717, 1.165) is 12.1 Å². The number of esters is 1. The Morgan fingerprint density at radius 2 is 1.80 bits per heavy atom. The van der Waals surface area contributed by atoms with Gasteiger partial charge in [-0.05, 0) is 24.1 Å². The van der Waals surface area contributed by atoms with Crippen molar-refractivity contribution in [2.75, 3.05) is 12.4 Å². The van der Waals surface area contributed by atoms with E-state index < -0.39 is 23.8 Å². The number of carbonyl (C=O) groups excluding carboxylic acids is 1. The van der Waals surface area contributed by atoms with Gasteiger partial charge in [-0.1, -0.05) is 49.4 Å². The molecular weight excluding hydrogens is 399 g/mol. The molecule has 0 aliphatic carbocycles. The summed E-state index contributed by atoms with van der Waals surface area (Å²) in [6, 6.07) is 12.3. The lowest BCUT2D eigenvalue weighted by molar-refractivity contribution is -0.141. The van der Waals surface area contributed by atoms with Gasteiger partial charge >= 0.3 is 12.1 Å². The van der Waals surface area contributed by atoms with Crippen LogP contribution < -0.4 is 5.32 Å². The van der Waals surface area contributed by atoms with Gasteiger partial charge in [-0.15, -0.1) is 0 Å². The molecule has 8 heteroatoms. The van der Waals surface area contributed by atoms with Gasteiger partial charge in [0.25, 0.3) is 0 Å². The lowest BCUT2D eigenvalue weighted by Gasteiger charge is -2.15. The van der Waals surface area contributed by atoms with E-state index in [1.165, 1.54) is 19.2 Å². The quantitative estimate of drug-likeness (QED) is 0.502.